The summed E-state index contributed by atoms with van der Waals surface area (Å²) < 4.78 is 10.6. The van der Waals surface area contributed by atoms with Crippen molar-refractivity contribution >= 4 is 11.0 Å². The summed E-state index contributed by atoms with van der Waals surface area (Å²) >= 11 is 0. The summed E-state index contributed by atoms with van der Waals surface area (Å²) in [6, 6.07) is 17.1. The van der Waals surface area contributed by atoms with Gasteiger partial charge in [-0.05, 0) is 54.3 Å². The molecule has 0 spiro atoms. The van der Waals surface area contributed by atoms with Gasteiger partial charge < -0.3 is 9.15 Å². The van der Waals surface area contributed by atoms with Gasteiger partial charge in [-0.15, -0.1) is 0 Å². The van der Waals surface area contributed by atoms with E-state index < -0.39 is 17.0 Å². The summed E-state index contributed by atoms with van der Waals surface area (Å²) in [5.74, 6) is -0.0133. The number of hydrogen-bond donors (Lipinski definition) is 0. The molecule has 0 bridgehead atoms. The molecule has 0 N–H and O–H groups in total. The Kier molecular flexibility index (Phi) is 3.98. The lowest BCUT2D eigenvalue weighted by atomic mass is 9.96. The van der Waals surface area contributed by atoms with E-state index in [1.165, 1.54) is 6.07 Å². The Morgan fingerprint density at radius 1 is 1.04 bits per heavy atom. The predicted octanol–water partition coefficient (Wildman–Crippen LogP) is 4.33. The van der Waals surface area contributed by atoms with Gasteiger partial charge in [0.1, 0.15) is 11.3 Å². The number of ether oxygens (including phenoxy) is 1. The van der Waals surface area contributed by atoms with E-state index in [1.54, 1.807) is 7.11 Å². The van der Waals surface area contributed by atoms with Crippen LogP contribution in [0.25, 0.3) is 11.0 Å². The normalized spacial score (nSPS) is 19.6. The van der Waals surface area contributed by atoms with E-state index in [4.69, 9.17) is 9.15 Å². The van der Waals surface area contributed by atoms with Gasteiger partial charge in [0.05, 0.1) is 19.2 Å². The van der Waals surface area contributed by atoms with Crippen LogP contribution in [-0.2, 0) is 0 Å². The van der Waals surface area contributed by atoms with Gasteiger partial charge in [0.15, 0.2) is 5.41 Å². The van der Waals surface area contributed by atoms with Gasteiger partial charge in [-0.2, -0.15) is 10.5 Å². The maximum absolute atomic E-state index is 12.2. The van der Waals surface area contributed by atoms with Crippen molar-refractivity contribution in [2.45, 2.75) is 25.7 Å². The SMILES string of the molecule is COc1ccc(C2C(c3cc(=O)oc4cc(C)cc(C)c34)C2(C#N)C#N)cc1. The summed E-state index contributed by atoms with van der Waals surface area (Å²) in [6.07, 6.45) is 0. The molecule has 0 aliphatic heterocycles. The molecule has 138 valence electrons. The summed E-state index contributed by atoms with van der Waals surface area (Å²) in [4.78, 5) is 12.2. The first-order valence-corrected chi connectivity index (χ1v) is 8.96. The fraction of sp³-hybridized carbons (Fsp3) is 0.261. The number of fused-ring (bicyclic) bond motifs is 1. The topological polar surface area (TPSA) is 87.0 Å². The van der Waals surface area contributed by atoms with Crippen molar-refractivity contribution in [2.24, 2.45) is 5.41 Å². The van der Waals surface area contributed by atoms with Crippen LogP contribution in [0.15, 0.2) is 51.7 Å². The number of methoxy groups -OCH3 is 1. The van der Waals surface area contributed by atoms with Crippen LogP contribution in [0.4, 0.5) is 0 Å². The highest BCUT2D eigenvalue weighted by Crippen LogP contribution is 2.70. The van der Waals surface area contributed by atoms with Crippen LogP contribution in [0.1, 0.15) is 34.1 Å². The zero-order chi connectivity index (χ0) is 20.1. The molecule has 2 atom stereocenters. The summed E-state index contributed by atoms with van der Waals surface area (Å²) in [7, 11) is 1.59. The fourth-order valence-corrected chi connectivity index (χ4v) is 4.34. The first-order chi connectivity index (χ1) is 13.4. The molecule has 1 fully saturated rings. The monoisotopic (exact) mass is 370 g/mol. The van der Waals surface area contributed by atoms with Crippen molar-refractivity contribution in [3.8, 4) is 17.9 Å². The molecule has 1 aromatic heterocycles. The maximum atomic E-state index is 12.2. The van der Waals surface area contributed by atoms with Gasteiger partial charge >= 0.3 is 5.63 Å². The van der Waals surface area contributed by atoms with Crippen molar-refractivity contribution in [1.82, 2.24) is 0 Å². The van der Waals surface area contributed by atoms with Gasteiger partial charge in [-0.1, -0.05) is 18.2 Å². The van der Waals surface area contributed by atoms with Gasteiger partial charge in [0.25, 0.3) is 0 Å². The second-order valence-electron chi connectivity index (χ2n) is 7.30. The third-order valence-electron chi connectivity index (χ3n) is 5.60. The number of rotatable bonds is 3. The van der Waals surface area contributed by atoms with Crippen LogP contribution < -0.4 is 10.4 Å². The largest absolute Gasteiger partial charge is 0.497 e. The lowest BCUT2D eigenvalue weighted by Gasteiger charge is -2.09. The molecule has 1 heterocycles. The smallest absolute Gasteiger partial charge is 0.336 e. The Labute approximate surface area is 162 Å². The summed E-state index contributed by atoms with van der Waals surface area (Å²) in [5.41, 5.74) is 2.32. The molecule has 4 rings (SSSR count). The molecule has 0 amide bonds. The minimum Gasteiger partial charge on any atom is -0.497 e. The van der Waals surface area contributed by atoms with E-state index in [2.05, 4.69) is 12.1 Å². The number of hydrogen-bond acceptors (Lipinski definition) is 5. The maximum Gasteiger partial charge on any atom is 0.336 e. The van der Waals surface area contributed by atoms with Crippen molar-refractivity contribution in [1.29, 1.82) is 10.5 Å². The Hall–Kier alpha value is -3.57. The average molecular weight is 370 g/mol. The van der Waals surface area contributed by atoms with Crippen LogP contribution in [0, 0.1) is 41.9 Å². The first-order valence-electron chi connectivity index (χ1n) is 8.96. The first kappa shape index (κ1) is 17.8. The molecule has 2 unspecified atom stereocenters. The molecule has 1 saturated carbocycles. The van der Waals surface area contributed by atoms with Crippen LogP contribution in [0.2, 0.25) is 0 Å². The van der Waals surface area contributed by atoms with Gasteiger partial charge in [-0.3, -0.25) is 0 Å². The predicted molar refractivity (Wildman–Crippen MR) is 104 cm³/mol. The molecular weight excluding hydrogens is 352 g/mol. The zero-order valence-electron chi connectivity index (χ0n) is 15.8. The molecule has 1 aliphatic carbocycles. The van der Waals surface area contributed by atoms with Crippen molar-refractivity contribution in [2.75, 3.05) is 7.11 Å². The number of benzene rings is 2. The van der Waals surface area contributed by atoms with E-state index in [-0.39, 0.29) is 5.92 Å². The average Bonchev–Trinajstić information content (AvgIpc) is 3.36. The molecule has 0 radical (unpaired) electrons. The van der Waals surface area contributed by atoms with Crippen LogP contribution in [-0.4, -0.2) is 7.11 Å². The standard InChI is InChI=1S/C23H18N2O3/c1-13-8-14(2)20-17(10-19(26)28-18(20)9-13)22-21(23(22,11-24)12-25)15-4-6-16(27-3)7-5-15/h4-10,21-22H,1-3H3. The molecule has 5 nitrogen and oxygen atoms in total. The van der Waals surface area contributed by atoms with Crippen molar-refractivity contribution in [3.63, 3.8) is 0 Å². The van der Waals surface area contributed by atoms with E-state index in [9.17, 15) is 15.3 Å². The Balaban J connectivity index is 1.94. The lowest BCUT2D eigenvalue weighted by molar-refractivity contribution is 0.414. The minimum atomic E-state index is -1.22. The quantitative estimate of drug-likeness (QED) is 0.640. The molecule has 28 heavy (non-hydrogen) atoms. The van der Waals surface area contributed by atoms with Crippen LogP contribution in [0.5, 0.6) is 5.75 Å². The fourth-order valence-electron chi connectivity index (χ4n) is 4.34. The molecule has 1 aliphatic rings. The lowest BCUT2D eigenvalue weighted by Crippen LogP contribution is -2.04. The minimum absolute atomic E-state index is 0.320. The van der Waals surface area contributed by atoms with Gasteiger partial charge in [-0.25, -0.2) is 4.79 Å². The second kappa shape index (κ2) is 6.25. The van der Waals surface area contributed by atoms with Gasteiger partial charge in [0, 0.05) is 23.3 Å². The number of nitriles is 2. The molecule has 5 heteroatoms. The Morgan fingerprint density at radius 3 is 2.32 bits per heavy atom. The zero-order valence-corrected chi connectivity index (χ0v) is 15.8. The number of aryl methyl sites for hydroxylation is 2. The van der Waals surface area contributed by atoms with Crippen molar-refractivity contribution < 1.29 is 9.15 Å². The van der Waals surface area contributed by atoms with E-state index in [0.29, 0.717) is 16.9 Å². The molecular formula is C23H18N2O3. The van der Waals surface area contributed by atoms with Crippen molar-refractivity contribution in [3.05, 3.63) is 75.1 Å². The second-order valence-corrected chi connectivity index (χ2v) is 7.30. The highest BCUT2D eigenvalue weighted by Gasteiger charge is 2.68. The molecule has 0 saturated heterocycles. The third-order valence-corrected chi connectivity index (χ3v) is 5.60. The summed E-state index contributed by atoms with van der Waals surface area (Å²) in [6.45, 7) is 3.88. The van der Waals surface area contributed by atoms with E-state index >= 15 is 0 Å². The number of nitrogens with zero attached hydrogens (tertiary/aromatic N) is 2. The molecule has 2 aromatic carbocycles. The molecule has 3 aromatic rings. The summed E-state index contributed by atoms with van der Waals surface area (Å²) in [5, 5.41) is 20.6. The Bertz CT molecular complexity index is 1210. The van der Waals surface area contributed by atoms with Crippen LogP contribution >= 0.6 is 0 Å². The Morgan fingerprint density at radius 2 is 1.71 bits per heavy atom. The van der Waals surface area contributed by atoms with Gasteiger partial charge in [0.2, 0.25) is 0 Å². The van der Waals surface area contributed by atoms with E-state index in [1.807, 2.05) is 50.2 Å². The third kappa shape index (κ3) is 2.48. The van der Waals surface area contributed by atoms with Crippen LogP contribution in [0.3, 0.4) is 0 Å². The highest BCUT2D eigenvalue weighted by molar-refractivity contribution is 5.86. The van der Waals surface area contributed by atoms with E-state index in [0.717, 1.165) is 22.1 Å². The highest BCUT2D eigenvalue weighted by atomic mass is 16.5.